The van der Waals surface area contributed by atoms with Gasteiger partial charge in [0.15, 0.2) is 11.2 Å². The lowest BCUT2D eigenvalue weighted by atomic mass is 10.2. The minimum Gasteiger partial charge on any atom is -0.383 e. The monoisotopic (exact) mass is 420 g/mol. The molecule has 3 aromatic rings. The van der Waals surface area contributed by atoms with Gasteiger partial charge in [0.2, 0.25) is 5.95 Å². The maximum atomic E-state index is 12.2. The number of fused-ring (bicyclic) bond motifs is 1. The fourth-order valence-electron chi connectivity index (χ4n) is 2.43. The number of hydrogen-bond donors (Lipinski definition) is 2. The molecule has 0 bridgehead atoms. The summed E-state index contributed by atoms with van der Waals surface area (Å²) in [6.45, 7) is 0.753. The van der Waals surface area contributed by atoms with Gasteiger partial charge in [-0.1, -0.05) is 28.1 Å². The van der Waals surface area contributed by atoms with Crippen molar-refractivity contribution in [1.82, 2.24) is 19.1 Å². The molecule has 0 saturated heterocycles. The number of hydrazone groups is 1. The number of halogens is 1. The van der Waals surface area contributed by atoms with Gasteiger partial charge in [0.05, 0.1) is 12.8 Å². The Kier molecular flexibility index (Phi) is 5.33. The van der Waals surface area contributed by atoms with E-state index >= 15 is 0 Å². The SMILES string of the molecule is COCCn1c(N/N=C/c2ccc(Br)cc2)nc2c1c(=O)[nH]c(=O)n2C. The maximum absolute atomic E-state index is 12.2. The highest BCUT2D eigenvalue weighted by Crippen LogP contribution is 2.15. The van der Waals surface area contributed by atoms with Crippen molar-refractivity contribution in [3.8, 4) is 0 Å². The van der Waals surface area contributed by atoms with Crippen LogP contribution in [0.2, 0.25) is 0 Å². The van der Waals surface area contributed by atoms with E-state index < -0.39 is 11.2 Å². The standard InChI is InChI=1S/C16H17BrN6O3/c1-22-13-12(14(24)20-16(22)25)23(7-8-26-2)15(19-13)21-18-9-10-3-5-11(17)6-4-10/h3-6,9H,7-8H2,1-2H3,(H,19,21)(H,20,24,25)/b18-9+. The highest BCUT2D eigenvalue weighted by molar-refractivity contribution is 9.10. The molecule has 0 unspecified atom stereocenters. The van der Waals surface area contributed by atoms with Crippen LogP contribution in [0.4, 0.5) is 5.95 Å². The largest absolute Gasteiger partial charge is 0.383 e. The molecule has 0 saturated carbocycles. The first-order valence-electron chi connectivity index (χ1n) is 7.74. The molecule has 0 radical (unpaired) electrons. The average Bonchev–Trinajstić information content (AvgIpc) is 2.99. The van der Waals surface area contributed by atoms with E-state index in [2.05, 4.69) is 36.4 Å². The minimum absolute atomic E-state index is 0.274. The van der Waals surface area contributed by atoms with Crippen LogP contribution in [0.25, 0.3) is 11.2 Å². The lowest BCUT2D eigenvalue weighted by Gasteiger charge is -2.07. The van der Waals surface area contributed by atoms with Gasteiger partial charge in [-0.2, -0.15) is 10.1 Å². The molecular weight excluding hydrogens is 404 g/mol. The molecule has 2 aromatic heterocycles. The van der Waals surface area contributed by atoms with Gasteiger partial charge in [-0.25, -0.2) is 10.2 Å². The Hall–Kier alpha value is -2.72. The van der Waals surface area contributed by atoms with Gasteiger partial charge in [-0.15, -0.1) is 0 Å². The van der Waals surface area contributed by atoms with Crippen molar-refractivity contribution in [2.24, 2.45) is 12.1 Å². The summed E-state index contributed by atoms with van der Waals surface area (Å²) in [6, 6.07) is 7.62. The summed E-state index contributed by atoms with van der Waals surface area (Å²) in [5, 5.41) is 4.17. The van der Waals surface area contributed by atoms with E-state index in [0.29, 0.717) is 19.1 Å². The predicted molar refractivity (Wildman–Crippen MR) is 103 cm³/mol. The van der Waals surface area contributed by atoms with Crippen LogP contribution in [0.5, 0.6) is 0 Å². The summed E-state index contributed by atoms with van der Waals surface area (Å²) >= 11 is 3.38. The average molecular weight is 421 g/mol. The van der Waals surface area contributed by atoms with Crippen LogP contribution in [0.15, 0.2) is 43.4 Å². The molecule has 2 heterocycles. The Bertz CT molecular complexity index is 1060. The van der Waals surface area contributed by atoms with Crippen molar-refractivity contribution in [3.05, 3.63) is 55.1 Å². The van der Waals surface area contributed by atoms with Crippen molar-refractivity contribution in [1.29, 1.82) is 0 Å². The normalized spacial score (nSPS) is 11.5. The van der Waals surface area contributed by atoms with Crippen molar-refractivity contribution >= 4 is 39.3 Å². The first-order valence-corrected chi connectivity index (χ1v) is 8.53. The summed E-state index contributed by atoms with van der Waals surface area (Å²) in [5.41, 5.74) is 3.26. The molecule has 10 heteroatoms. The summed E-state index contributed by atoms with van der Waals surface area (Å²) in [5.74, 6) is 0.345. The molecule has 0 aliphatic carbocycles. The Morgan fingerprint density at radius 2 is 2.08 bits per heavy atom. The second-order valence-corrected chi connectivity index (χ2v) is 6.41. The first kappa shape index (κ1) is 18.1. The zero-order chi connectivity index (χ0) is 18.7. The van der Waals surface area contributed by atoms with E-state index in [1.54, 1.807) is 24.9 Å². The number of methoxy groups -OCH3 is 1. The van der Waals surface area contributed by atoms with E-state index in [1.165, 1.54) is 4.57 Å². The molecule has 0 aliphatic heterocycles. The molecule has 0 fully saturated rings. The van der Waals surface area contributed by atoms with Gasteiger partial charge in [0.1, 0.15) is 0 Å². The van der Waals surface area contributed by atoms with Crippen LogP contribution in [-0.2, 0) is 18.3 Å². The molecule has 2 N–H and O–H groups in total. The van der Waals surface area contributed by atoms with E-state index in [-0.39, 0.29) is 11.2 Å². The third-order valence-corrected chi connectivity index (χ3v) is 4.30. The van der Waals surface area contributed by atoms with E-state index in [9.17, 15) is 9.59 Å². The van der Waals surface area contributed by atoms with E-state index in [0.717, 1.165) is 10.0 Å². The number of ether oxygens (including phenoxy) is 1. The fourth-order valence-corrected chi connectivity index (χ4v) is 2.70. The zero-order valence-corrected chi connectivity index (χ0v) is 15.8. The summed E-state index contributed by atoms with van der Waals surface area (Å²) in [6.07, 6.45) is 1.63. The Morgan fingerprint density at radius 1 is 1.35 bits per heavy atom. The Balaban J connectivity index is 1.99. The molecule has 0 amide bonds. The molecule has 9 nitrogen and oxygen atoms in total. The number of nitrogens with one attached hydrogen (secondary N) is 2. The van der Waals surface area contributed by atoms with E-state index in [1.807, 2.05) is 24.3 Å². The summed E-state index contributed by atoms with van der Waals surface area (Å²) < 4.78 is 8.99. The van der Waals surface area contributed by atoms with Crippen LogP contribution in [0, 0.1) is 0 Å². The van der Waals surface area contributed by atoms with Crippen molar-refractivity contribution < 1.29 is 4.74 Å². The van der Waals surface area contributed by atoms with Gasteiger partial charge in [0.25, 0.3) is 5.56 Å². The Labute approximate surface area is 156 Å². The van der Waals surface area contributed by atoms with Crippen molar-refractivity contribution in [2.45, 2.75) is 6.54 Å². The highest BCUT2D eigenvalue weighted by Gasteiger charge is 2.16. The number of benzene rings is 1. The van der Waals surface area contributed by atoms with Crippen LogP contribution < -0.4 is 16.7 Å². The third-order valence-electron chi connectivity index (χ3n) is 3.77. The smallest absolute Gasteiger partial charge is 0.329 e. The van der Waals surface area contributed by atoms with Gasteiger partial charge in [-0.05, 0) is 17.7 Å². The fraction of sp³-hybridized carbons (Fsp3) is 0.250. The summed E-state index contributed by atoms with van der Waals surface area (Å²) in [4.78, 5) is 30.7. The first-order chi connectivity index (χ1) is 12.5. The number of imidazole rings is 1. The molecule has 1 aromatic carbocycles. The number of aromatic nitrogens is 4. The van der Waals surface area contributed by atoms with E-state index in [4.69, 9.17) is 4.74 Å². The van der Waals surface area contributed by atoms with Gasteiger partial charge in [-0.3, -0.25) is 14.3 Å². The number of hydrogen-bond acceptors (Lipinski definition) is 6. The molecule has 3 rings (SSSR count). The number of aromatic amines is 1. The molecule has 0 spiro atoms. The zero-order valence-electron chi connectivity index (χ0n) is 14.2. The second-order valence-electron chi connectivity index (χ2n) is 5.49. The maximum Gasteiger partial charge on any atom is 0.329 e. The van der Waals surface area contributed by atoms with Gasteiger partial charge in [0, 0.05) is 25.2 Å². The minimum atomic E-state index is -0.524. The predicted octanol–water partition coefficient (Wildman–Crippen LogP) is 1.28. The number of anilines is 1. The lowest BCUT2D eigenvalue weighted by Crippen LogP contribution is -2.29. The lowest BCUT2D eigenvalue weighted by molar-refractivity contribution is 0.188. The summed E-state index contributed by atoms with van der Waals surface area (Å²) in [7, 11) is 3.11. The third kappa shape index (κ3) is 3.60. The van der Waals surface area contributed by atoms with Gasteiger partial charge < -0.3 is 9.30 Å². The Morgan fingerprint density at radius 3 is 2.77 bits per heavy atom. The topological polar surface area (TPSA) is 106 Å². The van der Waals surface area contributed by atoms with Crippen LogP contribution in [-0.4, -0.2) is 39.0 Å². The van der Waals surface area contributed by atoms with Crippen LogP contribution in [0.3, 0.4) is 0 Å². The van der Waals surface area contributed by atoms with Crippen LogP contribution in [0.1, 0.15) is 5.56 Å². The number of aryl methyl sites for hydroxylation is 1. The molecular formula is C16H17BrN6O3. The molecule has 0 aliphatic rings. The highest BCUT2D eigenvalue weighted by atomic mass is 79.9. The van der Waals surface area contributed by atoms with Gasteiger partial charge >= 0.3 is 5.69 Å². The quantitative estimate of drug-likeness (QED) is 0.461. The molecule has 136 valence electrons. The van der Waals surface area contributed by atoms with Crippen LogP contribution >= 0.6 is 15.9 Å². The number of nitrogens with zero attached hydrogens (tertiary/aromatic N) is 4. The molecule has 0 atom stereocenters. The second kappa shape index (κ2) is 7.67. The van der Waals surface area contributed by atoms with Crippen molar-refractivity contribution in [3.63, 3.8) is 0 Å². The number of H-pyrrole nitrogens is 1. The molecule has 26 heavy (non-hydrogen) atoms. The van der Waals surface area contributed by atoms with Crippen molar-refractivity contribution in [2.75, 3.05) is 19.1 Å². The number of rotatable bonds is 6.